The Labute approximate surface area is 151 Å². The van der Waals surface area contributed by atoms with Gasteiger partial charge in [0.25, 0.3) is 5.91 Å². The van der Waals surface area contributed by atoms with Crippen molar-refractivity contribution in [1.82, 2.24) is 19.5 Å². The fourth-order valence-electron chi connectivity index (χ4n) is 3.20. The van der Waals surface area contributed by atoms with Gasteiger partial charge in [0.2, 0.25) is 0 Å². The van der Waals surface area contributed by atoms with Crippen molar-refractivity contribution in [2.45, 2.75) is 19.9 Å². The molecule has 0 radical (unpaired) electrons. The molecule has 1 amide bonds. The molecule has 26 heavy (non-hydrogen) atoms. The molecule has 4 rings (SSSR count). The Hall–Kier alpha value is -3.09. The van der Waals surface area contributed by atoms with Crippen LogP contribution in [0, 0.1) is 6.92 Å². The van der Waals surface area contributed by atoms with Gasteiger partial charge in [0.05, 0.1) is 18.5 Å². The third kappa shape index (κ3) is 3.08. The van der Waals surface area contributed by atoms with Crippen LogP contribution in [0.5, 0.6) is 11.5 Å². The molecule has 7 nitrogen and oxygen atoms in total. The molecule has 7 heteroatoms. The molecule has 3 aromatic rings. The molecule has 2 aromatic heterocycles. The van der Waals surface area contributed by atoms with Crippen LogP contribution in [0.15, 0.2) is 36.5 Å². The molecule has 0 saturated carbocycles. The van der Waals surface area contributed by atoms with Crippen molar-refractivity contribution in [2.75, 3.05) is 20.3 Å². The lowest BCUT2D eigenvalue weighted by Crippen LogP contribution is -2.39. The van der Waals surface area contributed by atoms with Gasteiger partial charge in [-0.05, 0) is 19.1 Å². The van der Waals surface area contributed by atoms with E-state index in [9.17, 15) is 4.79 Å². The van der Waals surface area contributed by atoms with Crippen LogP contribution in [0.2, 0.25) is 0 Å². The van der Waals surface area contributed by atoms with Crippen LogP contribution in [-0.4, -0.2) is 45.7 Å². The van der Waals surface area contributed by atoms with Gasteiger partial charge in [-0.3, -0.25) is 4.79 Å². The number of aryl methyl sites for hydroxylation is 1. The molecule has 0 N–H and O–H groups in total. The SMILES string of the molecule is COc1cccc(OCC(=O)N2CCc3c(cnc4cc(C)nn34)C2)c1. The topological polar surface area (TPSA) is 69.0 Å². The summed E-state index contributed by atoms with van der Waals surface area (Å²) in [5, 5.41) is 4.50. The van der Waals surface area contributed by atoms with Gasteiger partial charge in [-0.25, -0.2) is 9.50 Å². The Morgan fingerprint density at radius 3 is 2.96 bits per heavy atom. The van der Waals surface area contributed by atoms with Crippen LogP contribution in [0.1, 0.15) is 17.0 Å². The van der Waals surface area contributed by atoms with Crippen molar-refractivity contribution in [2.24, 2.45) is 0 Å². The average Bonchev–Trinajstić information content (AvgIpc) is 3.06. The minimum absolute atomic E-state index is 0.000941. The standard InChI is InChI=1S/C19H20N4O3/c1-13-8-18-20-10-14-11-22(7-6-17(14)23(18)21-13)19(24)12-26-16-5-3-4-15(9-16)25-2/h3-5,8-10H,6-7,11-12H2,1-2H3. The third-order valence-electron chi connectivity index (χ3n) is 4.53. The van der Waals surface area contributed by atoms with E-state index in [1.165, 1.54) is 0 Å². The molecule has 1 aliphatic rings. The fraction of sp³-hybridized carbons (Fsp3) is 0.316. The number of benzene rings is 1. The van der Waals surface area contributed by atoms with E-state index in [2.05, 4.69) is 10.1 Å². The maximum atomic E-state index is 12.5. The smallest absolute Gasteiger partial charge is 0.260 e. The number of carbonyl (C=O) groups excluding carboxylic acids is 1. The first-order chi connectivity index (χ1) is 12.6. The van der Waals surface area contributed by atoms with Crippen LogP contribution in [0.25, 0.3) is 5.65 Å². The molecule has 134 valence electrons. The van der Waals surface area contributed by atoms with E-state index in [0.29, 0.717) is 24.6 Å². The third-order valence-corrected chi connectivity index (χ3v) is 4.53. The molecule has 0 aliphatic carbocycles. The van der Waals surface area contributed by atoms with Crippen LogP contribution >= 0.6 is 0 Å². The molecule has 3 heterocycles. The maximum absolute atomic E-state index is 12.5. The quantitative estimate of drug-likeness (QED) is 0.718. The number of ether oxygens (including phenoxy) is 2. The zero-order chi connectivity index (χ0) is 18.1. The molecule has 0 fully saturated rings. The van der Waals surface area contributed by atoms with Crippen molar-refractivity contribution < 1.29 is 14.3 Å². The Morgan fingerprint density at radius 1 is 1.27 bits per heavy atom. The second-order valence-corrected chi connectivity index (χ2v) is 6.32. The summed E-state index contributed by atoms with van der Waals surface area (Å²) in [5.74, 6) is 1.27. The van der Waals surface area contributed by atoms with Gasteiger partial charge >= 0.3 is 0 Å². The first-order valence-electron chi connectivity index (χ1n) is 8.52. The van der Waals surface area contributed by atoms with Crippen molar-refractivity contribution in [3.8, 4) is 11.5 Å². The number of carbonyl (C=O) groups is 1. The number of hydrogen-bond donors (Lipinski definition) is 0. The molecular formula is C19H20N4O3. The summed E-state index contributed by atoms with van der Waals surface area (Å²) >= 11 is 0. The Bertz CT molecular complexity index is 967. The van der Waals surface area contributed by atoms with Gasteiger partial charge < -0.3 is 14.4 Å². The predicted molar refractivity (Wildman–Crippen MR) is 95.3 cm³/mol. The van der Waals surface area contributed by atoms with Crippen LogP contribution in [-0.2, 0) is 17.8 Å². The van der Waals surface area contributed by atoms with Gasteiger partial charge in [0.15, 0.2) is 12.3 Å². The van der Waals surface area contributed by atoms with E-state index in [-0.39, 0.29) is 12.5 Å². The number of aromatic nitrogens is 3. The van der Waals surface area contributed by atoms with Gasteiger partial charge in [-0.15, -0.1) is 0 Å². The normalized spacial score (nSPS) is 13.5. The van der Waals surface area contributed by atoms with E-state index >= 15 is 0 Å². The lowest BCUT2D eigenvalue weighted by atomic mass is 10.1. The average molecular weight is 352 g/mol. The van der Waals surface area contributed by atoms with Crippen molar-refractivity contribution >= 4 is 11.6 Å². The molecule has 0 saturated heterocycles. The highest BCUT2D eigenvalue weighted by atomic mass is 16.5. The summed E-state index contributed by atoms with van der Waals surface area (Å²) in [6.45, 7) is 3.12. The van der Waals surface area contributed by atoms with Gasteiger partial charge in [0.1, 0.15) is 11.5 Å². The highest BCUT2D eigenvalue weighted by Gasteiger charge is 2.23. The maximum Gasteiger partial charge on any atom is 0.260 e. The summed E-state index contributed by atoms with van der Waals surface area (Å²) in [6.07, 6.45) is 2.59. The lowest BCUT2D eigenvalue weighted by Gasteiger charge is -2.28. The molecule has 0 atom stereocenters. The van der Waals surface area contributed by atoms with Crippen LogP contribution in [0.3, 0.4) is 0 Å². The van der Waals surface area contributed by atoms with Crippen LogP contribution in [0.4, 0.5) is 0 Å². The highest BCUT2D eigenvalue weighted by Crippen LogP contribution is 2.21. The monoisotopic (exact) mass is 352 g/mol. The van der Waals surface area contributed by atoms with Gasteiger partial charge in [-0.1, -0.05) is 6.07 Å². The fourth-order valence-corrected chi connectivity index (χ4v) is 3.20. The zero-order valence-corrected chi connectivity index (χ0v) is 14.8. The molecule has 0 spiro atoms. The molecular weight excluding hydrogens is 332 g/mol. The van der Waals surface area contributed by atoms with Crippen molar-refractivity contribution in [3.63, 3.8) is 0 Å². The van der Waals surface area contributed by atoms with Gasteiger partial charge in [-0.2, -0.15) is 5.10 Å². The van der Waals surface area contributed by atoms with E-state index in [1.54, 1.807) is 18.1 Å². The second-order valence-electron chi connectivity index (χ2n) is 6.32. The molecule has 1 aromatic carbocycles. The number of methoxy groups -OCH3 is 1. The number of amides is 1. The number of nitrogens with zero attached hydrogens (tertiary/aromatic N) is 4. The van der Waals surface area contributed by atoms with E-state index < -0.39 is 0 Å². The number of rotatable bonds is 4. The zero-order valence-electron chi connectivity index (χ0n) is 14.8. The number of fused-ring (bicyclic) bond motifs is 3. The first-order valence-corrected chi connectivity index (χ1v) is 8.52. The predicted octanol–water partition coefficient (Wildman–Crippen LogP) is 2.01. The lowest BCUT2D eigenvalue weighted by molar-refractivity contribution is -0.134. The summed E-state index contributed by atoms with van der Waals surface area (Å²) in [7, 11) is 1.60. The second kappa shape index (κ2) is 6.67. The molecule has 0 bridgehead atoms. The summed E-state index contributed by atoms with van der Waals surface area (Å²) < 4.78 is 12.7. The van der Waals surface area contributed by atoms with Crippen molar-refractivity contribution in [3.05, 3.63) is 53.5 Å². The van der Waals surface area contributed by atoms with Crippen LogP contribution < -0.4 is 9.47 Å². The van der Waals surface area contributed by atoms with E-state index in [1.807, 2.05) is 41.9 Å². The summed E-state index contributed by atoms with van der Waals surface area (Å²) in [5.41, 5.74) is 3.95. The highest BCUT2D eigenvalue weighted by molar-refractivity contribution is 5.78. The molecule has 1 aliphatic heterocycles. The summed E-state index contributed by atoms with van der Waals surface area (Å²) in [4.78, 5) is 18.8. The number of hydrogen-bond acceptors (Lipinski definition) is 5. The Morgan fingerprint density at radius 2 is 2.12 bits per heavy atom. The van der Waals surface area contributed by atoms with Crippen molar-refractivity contribution in [1.29, 1.82) is 0 Å². The van der Waals surface area contributed by atoms with E-state index in [0.717, 1.165) is 29.0 Å². The Balaban J connectivity index is 1.44. The minimum atomic E-state index is -0.0461. The van der Waals surface area contributed by atoms with E-state index in [4.69, 9.17) is 9.47 Å². The summed E-state index contributed by atoms with van der Waals surface area (Å²) in [6, 6.07) is 9.20. The van der Waals surface area contributed by atoms with Gasteiger partial charge in [0, 0.05) is 43.4 Å². The Kier molecular flexibility index (Phi) is 4.20. The molecule has 0 unspecified atom stereocenters. The minimum Gasteiger partial charge on any atom is -0.497 e. The first kappa shape index (κ1) is 16.4. The largest absolute Gasteiger partial charge is 0.497 e.